The molecule has 0 spiro atoms. The van der Waals surface area contributed by atoms with E-state index in [-0.39, 0.29) is 5.69 Å². The third-order valence-corrected chi connectivity index (χ3v) is 5.59. The zero-order valence-corrected chi connectivity index (χ0v) is 17.2. The van der Waals surface area contributed by atoms with Crippen LogP contribution in [-0.2, 0) is 18.7 Å². The van der Waals surface area contributed by atoms with Crippen molar-refractivity contribution in [2.24, 2.45) is 0 Å². The van der Waals surface area contributed by atoms with Crippen LogP contribution >= 0.6 is 0 Å². The summed E-state index contributed by atoms with van der Waals surface area (Å²) in [6, 6.07) is 9.92. The average molecular weight is 477 g/mol. The molecule has 0 aromatic heterocycles. The van der Waals surface area contributed by atoms with Crippen LogP contribution in [0.4, 0.5) is 32.0 Å². The number of rotatable bonds is 6. The van der Waals surface area contributed by atoms with E-state index in [9.17, 15) is 41.6 Å². The summed E-state index contributed by atoms with van der Waals surface area (Å²) in [5.74, 6) is 0. The predicted octanol–water partition coefficient (Wildman–Crippen LogP) is 4.22. The fraction of sp³-hybridized carbons (Fsp3) is 0.429. The first kappa shape index (κ1) is 24.9. The minimum atomic E-state index is -5.91. The van der Waals surface area contributed by atoms with Gasteiger partial charge >= 0.3 is 12.4 Å². The largest absolute Gasteiger partial charge is 0.430 e. The molecule has 1 fully saturated rings. The van der Waals surface area contributed by atoms with E-state index in [0.29, 0.717) is 57.0 Å². The maximum atomic E-state index is 13.0. The molecule has 1 aliphatic heterocycles. The number of non-ortho nitro benzene ring substituents is 1. The van der Waals surface area contributed by atoms with E-state index in [1.165, 1.54) is 12.1 Å². The van der Waals surface area contributed by atoms with Gasteiger partial charge in [-0.05, 0) is 11.1 Å². The van der Waals surface area contributed by atoms with Crippen molar-refractivity contribution in [1.82, 2.24) is 9.80 Å². The number of aliphatic hydroxyl groups is 1. The molecule has 6 nitrogen and oxygen atoms in total. The maximum Gasteiger partial charge on any atom is 0.430 e. The van der Waals surface area contributed by atoms with Crippen LogP contribution in [0.5, 0.6) is 0 Å². The molecule has 0 unspecified atom stereocenters. The molecule has 0 aliphatic carbocycles. The summed E-state index contributed by atoms with van der Waals surface area (Å²) in [4.78, 5) is 14.5. The Balaban J connectivity index is 1.59. The second-order valence-electron chi connectivity index (χ2n) is 7.88. The van der Waals surface area contributed by atoms with Gasteiger partial charge < -0.3 is 5.11 Å². The van der Waals surface area contributed by atoms with Crippen LogP contribution in [0.2, 0.25) is 0 Å². The molecule has 0 atom stereocenters. The van der Waals surface area contributed by atoms with E-state index >= 15 is 0 Å². The lowest BCUT2D eigenvalue weighted by atomic mass is 9.91. The highest BCUT2D eigenvalue weighted by Crippen LogP contribution is 2.49. The molecule has 1 saturated heterocycles. The number of nitro benzene ring substituents is 1. The molecular weight excluding hydrogens is 456 g/mol. The fourth-order valence-electron chi connectivity index (χ4n) is 3.73. The molecule has 0 radical (unpaired) electrons. The summed E-state index contributed by atoms with van der Waals surface area (Å²) in [6.45, 7) is 3.34. The van der Waals surface area contributed by atoms with E-state index in [1.54, 1.807) is 12.1 Å². The first-order valence-electron chi connectivity index (χ1n) is 9.94. The number of piperazine rings is 1. The Morgan fingerprint density at radius 3 is 1.76 bits per heavy atom. The smallest absolute Gasteiger partial charge is 0.369 e. The minimum Gasteiger partial charge on any atom is -0.369 e. The van der Waals surface area contributed by atoms with Gasteiger partial charge in [0.05, 0.1) is 4.92 Å². The van der Waals surface area contributed by atoms with Crippen molar-refractivity contribution in [1.29, 1.82) is 0 Å². The lowest BCUT2D eigenvalue weighted by molar-refractivity contribution is -0.384. The van der Waals surface area contributed by atoms with Crippen LogP contribution in [0.1, 0.15) is 16.7 Å². The molecule has 33 heavy (non-hydrogen) atoms. The Hall–Kier alpha value is -2.70. The number of nitrogens with zero attached hydrogens (tertiary/aromatic N) is 3. The molecule has 12 heteroatoms. The Morgan fingerprint density at radius 1 is 0.818 bits per heavy atom. The van der Waals surface area contributed by atoms with Gasteiger partial charge in [-0.25, -0.2) is 0 Å². The van der Waals surface area contributed by atoms with Crippen LogP contribution in [-0.4, -0.2) is 58.4 Å². The van der Waals surface area contributed by atoms with Crippen LogP contribution in [0.15, 0.2) is 48.5 Å². The van der Waals surface area contributed by atoms with Gasteiger partial charge in [0.25, 0.3) is 11.3 Å². The molecular formula is C21H21F6N3O3. The average Bonchev–Trinajstić information content (AvgIpc) is 2.74. The number of hydrogen-bond donors (Lipinski definition) is 1. The SMILES string of the molecule is O=[N+]([O-])c1cccc(CN2CCN(Cc3ccc(C(O)(C(F)(F)F)C(F)(F)F)cc3)CC2)c1. The number of hydrogen-bond acceptors (Lipinski definition) is 5. The highest BCUT2D eigenvalue weighted by atomic mass is 19.4. The molecule has 180 valence electrons. The van der Waals surface area contributed by atoms with Crippen molar-refractivity contribution >= 4 is 5.69 Å². The number of alkyl halides is 6. The highest BCUT2D eigenvalue weighted by Gasteiger charge is 2.71. The van der Waals surface area contributed by atoms with Crippen LogP contribution in [0.3, 0.4) is 0 Å². The lowest BCUT2D eigenvalue weighted by Crippen LogP contribution is -2.53. The topological polar surface area (TPSA) is 69.9 Å². The Labute approximate surface area is 185 Å². The molecule has 3 rings (SSSR count). The van der Waals surface area contributed by atoms with Gasteiger partial charge in [0, 0.05) is 57.0 Å². The molecule has 1 aliphatic rings. The van der Waals surface area contributed by atoms with Gasteiger partial charge in [0.2, 0.25) is 0 Å². The predicted molar refractivity (Wildman–Crippen MR) is 106 cm³/mol. The van der Waals surface area contributed by atoms with Gasteiger partial charge in [0.15, 0.2) is 0 Å². The molecule has 1 heterocycles. The van der Waals surface area contributed by atoms with Crippen molar-refractivity contribution < 1.29 is 36.4 Å². The van der Waals surface area contributed by atoms with Crippen molar-refractivity contribution in [3.05, 3.63) is 75.3 Å². The van der Waals surface area contributed by atoms with Crippen LogP contribution in [0.25, 0.3) is 0 Å². The van der Waals surface area contributed by atoms with E-state index in [1.807, 2.05) is 4.90 Å². The summed E-state index contributed by atoms with van der Waals surface area (Å²) >= 11 is 0. The lowest BCUT2D eigenvalue weighted by Gasteiger charge is -2.35. The van der Waals surface area contributed by atoms with Crippen LogP contribution < -0.4 is 0 Å². The summed E-state index contributed by atoms with van der Waals surface area (Å²) < 4.78 is 78.0. The molecule has 2 aromatic rings. The van der Waals surface area contributed by atoms with E-state index in [4.69, 9.17) is 0 Å². The van der Waals surface area contributed by atoms with Crippen molar-refractivity contribution in [2.45, 2.75) is 31.0 Å². The van der Waals surface area contributed by atoms with Crippen molar-refractivity contribution in [3.8, 4) is 0 Å². The van der Waals surface area contributed by atoms with Crippen molar-refractivity contribution in [2.75, 3.05) is 26.2 Å². The monoisotopic (exact) mass is 477 g/mol. The zero-order chi connectivity index (χ0) is 24.4. The van der Waals surface area contributed by atoms with Gasteiger partial charge in [0.1, 0.15) is 0 Å². The van der Waals surface area contributed by atoms with E-state index in [0.717, 1.165) is 17.7 Å². The second kappa shape index (κ2) is 9.27. The van der Waals surface area contributed by atoms with Gasteiger partial charge in [-0.15, -0.1) is 0 Å². The van der Waals surface area contributed by atoms with Gasteiger partial charge in [-0.3, -0.25) is 19.9 Å². The van der Waals surface area contributed by atoms with E-state index in [2.05, 4.69) is 4.90 Å². The third kappa shape index (κ3) is 5.45. The first-order chi connectivity index (χ1) is 15.3. The molecule has 2 aromatic carbocycles. The summed E-state index contributed by atoms with van der Waals surface area (Å²) in [5, 5.41) is 20.4. The fourth-order valence-corrected chi connectivity index (χ4v) is 3.73. The van der Waals surface area contributed by atoms with Gasteiger partial charge in [-0.1, -0.05) is 36.4 Å². The van der Waals surface area contributed by atoms with Crippen molar-refractivity contribution in [3.63, 3.8) is 0 Å². The number of halogens is 6. The maximum absolute atomic E-state index is 13.0. The Bertz CT molecular complexity index is 956. The molecule has 0 amide bonds. The standard InChI is InChI=1S/C21H21F6N3O3/c22-20(23,24)19(31,21(25,26)27)17-6-4-15(5-7-17)13-28-8-10-29(11-9-28)14-16-2-1-3-18(12-16)30(32)33/h1-7,12,31H,8-11,13-14H2. The Kier molecular flexibility index (Phi) is 7.01. The minimum absolute atomic E-state index is 0.0116. The zero-order valence-electron chi connectivity index (χ0n) is 17.2. The number of benzene rings is 2. The summed E-state index contributed by atoms with van der Waals surface area (Å²) in [6.07, 6.45) is -11.8. The summed E-state index contributed by atoms with van der Waals surface area (Å²) in [7, 11) is 0. The molecule has 0 saturated carbocycles. The first-order valence-corrected chi connectivity index (χ1v) is 9.94. The highest BCUT2D eigenvalue weighted by molar-refractivity contribution is 5.34. The second-order valence-corrected chi connectivity index (χ2v) is 7.88. The number of nitro groups is 1. The molecule has 1 N–H and O–H groups in total. The molecule has 0 bridgehead atoms. The summed E-state index contributed by atoms with van der Waals surface area (Å²) in [5.41, 5.74) is -4.89. The Morgan fingerprint density at radius 2 is 1.30 bits per heavy atom. The van der Waals surface area contributed by atoms with E-state index < -0.39 is 28.4 Å². The van der Waals surface area contributed by atoms with Crippen LogP contribution in [0, 0.1) is 10.1 Å². The van der Waals surface area contributed by atoms with Gasteiger partial charge in [-0.2, -0.15) is 26.3 Å². The third-order valence-electron chi connectivity index (χ3n) is 5.59. The quantitative estimate of drug-likeness (QED) is 0.383. The normalized spacial score (nSPS) is 16.7.